The van der Waals surface area contributed by atoms with Gasteiger partial charge in [-0.25, -0.2) is 9.13 Å². The number of aliphatic hydroxyl groups is 1. The number of esters is 4. The number of aliphatic hydroxyl groups excluding tert-OH is 1. The van der Waals surface area contributed by atoms with Crippen LogP contribution in [0.4, 0.5) is 0 Å². The first-order chi connectivity index (χ1) is 47.0. The van der Waals surface area contributed by atoms with Gasteiger partial charge in [-0.3, -0.25) is 37.3 Å². The number of carbonyl (C=O) groups is 4. The summed E-state index contributed by atoms with van der Waals surface area (Å²) in [5.41, 5.74) is 0. The van der Waals surface area contributed by atoms with Gasteiger partial charge in [-0.2, -0.15) is 0 Å². The van der Waals surface area contributed by atoms with Crippen molar-refractivity contribution in [2.45, 2.75) is 432 Å². The van der Waals surface area contributed by atoms with Gasteiger partial charge in [0, 0.05) is 25.7 Å². The summed E-state index contributed by atoms with van der Waals surface area (Å²) < 4.78 is 68.4. The van der Waals surface area contributed by atoms with E-state index in [2.05, 4.69) is 34.6 Å². The molecule has 0 spiro atoms. The average molecular weight is 1420 g/mol. The van der Waals surface area contributed by atoms with Crippen molar-refractivity contribution in [3.8, 4) is 0 Å². The van der Waals surface area contributed by atoms with Gasteiger partial charge in [0.05, 0.1) is 26.4 Å². The molecular weight excluding hydrogens is 1270 g/mol. The van der Waals surface area contributed by atoms with Crippen LogP contribution >= 0.6 is 15.6 Å². The summed E-state index contributed by atoms with van der Waals surface area (Å²) in [6, 6.07) is 0. The molecule has 0 radical (unpaired) electrons. The second kappa shape index (κ2) is 71.1. The van der Waals surface area contributed by atoms with Gasteiger partial charge in [0.25, 0.3) is 0 Å². The van der Waals surface area contributed by atoms with Crippen molar-refractivity contribution in [2.75, 3.05) is 39.6 Å². The second-order valence-corrected chi connectivity index (χ2v) is 31.5. The fourth-order valence-electron chi connectivity index (χ4n) is 12.1. The van der Waals surface area contributed by atoms with E-state index < -0.39 is 97.5 Å². The number of carbonyl (C=O) groups excluding carboxylic acids is 4. The summed E-state index contributed by atoms with van der Waals surface area (Å²) in [5.74, 6) is -1.35. The molecule has 17 nitrogen and oxygen atoms in total. The molecule has 0 saturated heterocycles. The van der Waals surface area contributed by atoms with Crippen molar-refractivity contribution in [1.29, 1.82) is 0 Å². The topological polar surface area (TPSA) is 237 Å². The van der Waals surface area contributed by atoms with E-state index in [9.17, 15) is 43.2 Å². The van der Waals surface area contributed by atoms with Crippen molar-refractivity contribution in [1.82, 2.24) is 0 Å². The maximum Gasteiger partial charge on any atom is 0.472 e. The molecule has 97 heavy (non-hydrogen) atoms. The Bertz CT molecular complexity index is 1860. The largest absolute Gasteiger partial charge is 0.472 e. The number of phosphoric acid groups is 2. The molecule has 5 atom stereocenters. The van der Waals surface area contributed by atoms with Crippen molar-refractivity contribution in [3.63, 3.8) is 0 Å². The Hall–Kier alpha value is -1.94. The summed E-state index contributed by atoms with van der Waals surface area (Å²) in [6.45, 7) is 7.23. The van der Waals surface area contributed by atoms with Gasteiger partial charge in [-0.15, -0.1) is 0 Å². The number of hydrogen-bond donors (Lipinski definition) is 3. The number of hydrogen-bond acceptors (Lipinski definition) is 15. The number of unbranched alkanes of at least 4 members (excludes halogenated alkanes) is 50. The molecule has 0 aliphatic carbocycles. The minimum absolute atomic E-state index is 0.106. The standard InChI is InChI=1S/C78H152O17P2/c1-6-9-12-15-17-19-21-23-25-27-28-29-31-33-35-40-44-48-53-58-64-78(83)95-74(68-89-76(81)62-57-52-47-43-39-34-32-30-26-24-22-20-18-16-13-10-7-2)70-93-97(86,87)91-66-72(79)65-90-96(84,85)92-69-73(67-88-75(80)61-56-50-14-11-8-3)94-77(82)63-59-54-49-45-41-37-36-38-42-46-51-55-60-71(4)5/h71-74,79H,6-70H2,1-5H3,(H,84,85)(H,86,87)/t72-,73+,74+/m0/s1. The third-order valence-electron chi connectivity index (χ3n) is 18.3. The molecule has 0 aliphatic heterocycles. The Kier molecular flexibility index (Phi) is 69.6. The lowest BCUT2D eigenvalue weighted by Crippen LogP contribution is -2.30. The van der Waals surface area contributed by atoms with Crippen LogP contribution in [0.15, 0.2) is 0 Å². The zero-order valence-corrected chi connectivity index (χ0v) is 65.0. The van der Waals surface area contributed by atoms with E-state index in [1.807, 2.05) is 0 Å². The quantitative estimate of drug-likeness (QED) is 0.0222. The highest BCUT2D eigenvalue weighted by Gasteiger charge is 2.30. The zero-order chi connectivity index (χ0) is 71.2. The monoisotopic (exact) mass is 1420 g/mol. The lowest BCUT2D eigenvalue weighted by molar-refractivity contribution is -0.161. The first-order valence-electron chi connectivity index (χ1n) is 40.6. The molecule has 576 valence electrons. The van der Waals surface area contributed by atoms with E-state index in [-0.39, 0.29) is 25.7 Å². The highest BCUT2D eigenvalue weighted by atomic mass is 31.2. The predicted octanol–water partition coefficient (Wildman–Crippen LogP) is 23.3. The lowest BCUT2D eigenvalue weighted by Gasteiger charge is -2.21. The smallest absolute Gasteiger partial charge is 0.462 e. The molecule has 19 heteroatoms. The Labute approximate surface area is 594 Å². The first-order valence-corrected chi connectivity index (χ1v) is 43.6. The van der Waals surface area contributed by atoms with Crippen LogP contribution in [0.1, 0.15) is 413 Å². The van der Waals surface area contributed by atoms with Crippen LogP contribution in [-0.4, -0.2) is 96.7 Å². The first kappa shape index (κ1) is 95.1. The van der Waals surface area contributed by atoms with Crippen LogP contribution < -0.4 is 0 Å². The molecule has 0 bridgehead atoms. The van der Waals surface area contributed by atoms with Crippen molar-refractivity contribution < 1.29 is 80.2 Å². The third-order valence-corrected chi connectivity index (χ3v) is 20.2. The van der Waals surface area contributed by atoms with E-state index in [1.165, 1.54) is 231 Å². The maximum atomic E-state index is 13.1. The minimum Gasteiger partial charge on any atom is -0.462 e. The Morgan fingerprint density at radius 1 is 0.278 bits per heavy atom. The summed E-state index contributed by atoms with van der Waals surface area (Å²) in [7, 11) is -9.90. The molecule has 0 rings (SSSR count). The number of phosphoric ester groups is 2. The normalized spacial score (nSPS) is 13.9. The van der Waals surface area contributed by atoms with Crippen LogP contribution in [0, 0.1) is 5.92 Å². The van der Waals surface area contributed by atoms with E-state index in [0.717, 1.165) is 102 Å². The fraction of sp³-hybridized carbons (Fsp3) is 0.949. The van der Waals surface area contributed by atoms with E-state index >= 15 is 0 Å². The summed E-state index contributed by atoms with van der Waals surface area (Å²) in [4.78, 5) is 72.6. The lowest BCUT2D eigenvalue weighted by atomic mass is 10.0. The second-order valence-electron chi connectivity index (χ2n) is 28.6. The van der Waals surface area contributed by atoms with Crippen LogP contribution in [0.25, 0.3) is 0 Å². The van der Waals surface area contributed by atoms with Crippen molar-refractivity contribution in [2.24, 2.45) is 5.92 Å². The highest BCUT2D eigenvalue weighted by molar-refractivity contribution is 7.47. The Morgan fingerprint density at radius 3 is 0.701 bits per heavy atom. The zero-order valence-electron chi connectivity index (χ0n) is 63.2. The van der Waals surface area contributed by atoms with Gasteiger partial charge in [0.2, 0.25) is 0 Å². The average Bonchev–Trinajstić information content (AvgIpc) is 1.98. The highest BCUT2D eigenvalue weighted by Crippen LogP contribution is 2.45. The van der Waals surface area contributed by atoms with Crippen LogP contribution in [0.2, 0.25) is 0 Å². The van der Waals surface area contributed by atoms with Crippen LogP contribution in [-0.2, 0) is 65.4 Å². The third kappa shape index (κ3) is 72.2. The van der Waals surface area contributed by atoms with Gasteiger partial charge in [-0.05, 0) is 31.6 Å². The molecule has 2 unspecified atom stereocenters. The summed E-state index contributed by atoms with van der Waals surface area (Å²) >= 11 is 0. The minimum atomic E-state index is -4.96. The van der Waals surface area contributed by atoms with E-state index in [1.54, 1.807) is 0 Å². The molecule has 0 fully saturated rings. The van der Waals surface area contributed by atoms with Crippen molar-refractivity contribution in [3.05, 3.63) is 0 Å². The molecule has 0 amide bonds. The Balaban J connectivity index is 5.13. The SMILES string of the molecule is CCCCCCCCCCCCCCCCCCCCCCC(=O)O[C@H](COC(=O)CCCCCCCCCCCCCCCCCCC)COP(=O)(O)OC[C@@H](O)COP(=O)(O)OC[C@@H](COC(=O)CCCCCCC)OC(=O)CCCCCCCCCCCCCCC(C)C. The number of rotatable bonds is 78. The molecule has 0 heterocycles. The Morgan fingerprint density at radius 2 is 0.474 bits per heavy atom. The van der Waals surface area contributed by atoms with Gasteiger partial charge >= 0.3 is 39.5 Å². The fourth-order valence-corrected chi connectivity index (χ4v) is 13.6. The van der Waals surface area contributed by atoms with Gasteiger partial charge in [0.15, 0.2) is 12.2 Å². The van der Waals surface area contributed by atoms with Gasteiger partial charge in [-0.1, -0.05) is 362 Å². The summed E-state index contributed by atoms with van der Waals surface area (Å²) in [5, 5.41) is 10.6. The summed E-state index contributed by atoms with van der Waals surface area (Å²) in [6.07, 6.45) is 61.5. The van der Waals surface area contributed by atoms with Gasteiger partial charge in [0.1, 0.15) is 19.3 Å². The predicted molar refractivity (Wildman–Crippen MR) is 395 cm³/mol. The molecule has 0 aromatic carbocycles. The van der Waals surface area contributed by atoms with E-state index in [0.29, 0.717) is 25.7 Å². The molecule has 0 aromatic rings. The van der Waals surface area contributed by atoms with E-state index in [4.69, 9.17) is 37.0 Å². The maximum absolute atomic E-state index is 13.1. The molecular formula is C78H152O17P2. The molecule has 0 aliphatic rings. The molecule has 3 N–H and O–H groups in total. The van der Waals surface area contributed by atoms with Crippen LogP contribution in [0.3, 0.4) is 0 Å². The van der Waals surface area contributed by atoms with Gasteiger partial charge < -0.3 is 33.8 Å². The van der Waals surface area contributed by atoms with Crippen molar-refractivity contribution >= 4 is 39.5 Å². The van der Waals surface area contributed by atoms with Crippen LogP contribution in [0.5, 0.6) is 0 Å². The molecule has 0 aromatic heterocycles. The number of ether oxygens (including phenoxy) is 4. The molecule has 0 saturated carbocycles.